The maximum atomic E-state index is 14.4. The molecule has 1 aromatic heterocycles. The monoisotopic (exact) mass is 535 g/mol. The van der Waals surface area contributed by atoms with Gasteiger partial charge in [0.1, 0.15) is 24.6 Å². The number of nitrogens with one attached hydrogen (secondary N) is 1. The number of allylic oxidation sites excluding steroid dienone is 1. The van der Waals surface area contributed by atoms with Crippen LogP contribution in [0.25, 0.3) is 0 Å². The molecule has 0 spiro atoms. The lowest BCUT2D eigenvalue weighted by Crippen LogP contribution is -2.44. The molecular formula is C28H42FN3O6. The smallest absolute Gasteiger partial charge is 0.329 e. The standard InChI is InChI=1S/C28H42FN3O6/c1-7-30-24(34)11-10-19(6)26(18(4)5)38-28(36)23-9-8-12-32(23)27(35)22-16-37-25(31-22)15-20(29)14-21(33)13-17(2)3/h10-11,13,16,18-21,23,26,33H,7-9,12,14-15H2,1-6H3,(H,30,34)/b11-10+/t19-,20-,21-,23-,26-/m1/s1. The van der Waals surface area contributed by atoms with Gasteiger partial charge >= 0.3 is 5.97 Å². The molecule has 1 aliphatic rings. The molecule has 2 heterocycles. The Balaban J connectivity index is 2.03. The number of hydrogen-bond donors (Lipinski definition) is 2. The van der Waals surface area contributed by atoms with Crippen LogP contribution in [0.3, 0.4) is 0 Å². The second-order valence-electron chi connectivity index (χ2n) is 10.4. The second kappa shape index (κ2) is 14.8. The number of carbonyl (C=O) groups excluding carboxylic acids is 3. The summed E-state index contributed by atoms with van der Waals surface area (Å²) in [6, 6.07) is -0.767. The lowest BCUT2D eigenvalue weighted by atomic mass is 9.94. The highest BCUT2D eigenvalue weighted by molar-refractivity contribution is 5.95. The number of hydrogen-bond acceptors (Lipinski definition) is 7. The third-order valence-corrected chi connectivity index (χ3v) is 6.31. The zero-order valence-electron chi connectivity index (χ0n) is 23.3. The first-order valence-electron chi connectivity index (χ1n) is 13.3. The van der Waals surface area contributed by atoms with E-state index in [9.17, 15) is 23.9 Å². The van der Waals surface area contributed by atoms with Crippen molar-refractivity contribution in [3.8, 4) is 0 Å². The SMILES string of the molecule is CCNC(=O)/C=C/[C@@H](C)[C@H](OC(=O)[C@H]1CCCN1C(=O)c1coc(C[C@H](F)C[C@H](O)C=C(C)C)n1)C(C)C. The zero-order valence-corrected chi connectivity index (χ0v) is 23.3. The Morgan fingerprint density at radius 3 is 2.66 bits per heavy atom. The van der Waals surface area contributed by atoms with Crippen LogP contribution in [0.2, 0.25) is 0 Å². The van der Waals surface area contributed by atoms with Gasteiger partial charge in [-0.2, -0.15) is 0 Å². The molecule has 2 rings (SSSR count). The van der Waals surface area contributed by atoms with Gasteiger partial charge in [0.15, 0.2) is 11.6 Å². The predicted molar refractivity (Wildman–Crippen MR) is 141 cm³/mol. The molecule has 1 saturated heterocycles. The van der Waals surface area contributed by atoms with E-state index in [0.717, 1.165) is 5.57 Å². The number of aliphatic hydroxyl groups is 1. The average Bonchev–Trinajstić information content (AvgIpc) is 3.49. The molecule has 2 amide bonds. The van der Waals surface area contributed by atoms with Crippen LogP contribution >= 0.6 is 0 Å². The lowest BCUT2D eigenvalue weighted by Gasteiger charge is -2.29. The third kappa shape index (κ3) is 9.38. The number of likely N-dealkylation sites (N-methyl/N-ethyl adjacent to an activating group) is 1. The van der Waals surface area contributed by atoms with Crippen molar-refractivity contribution in [2.75, 3.05) is 13.1 Å². The summed E-state index contributed by atoms with van der Waals surface area (Å²) in [7, 11) is 0. The van der Waals surface area contributed by atoms with Crippen molar-refractivity contribution in [1.29, 1.82) is 0 Å². The van der Waals surface area contributed by atoms with Crippen molar-refractivity contribution in [1.82, 2.24) is 15.2 Å². The maximum Gasteiger partial charge on any atom is 0.329 e. The van der Waals surface area contributed by atoms with Crippen LogP contribution in [0, 0.1) is 11.8 Å². The molecule has 0 unspecified atom stereocenters. The average molecular weight is 536 g/mol. The van der Waals surface area contributed by atoms with E-state index < -0.39 is 36.3 Å². The van der Waals surface area contributed by atoms with Gasteiger partial charge in [-0.15, -0.1) is 0 Å². The van der Waals surface area contributed by atoms with Gasteiger partial charge in [-0.3, -0.25) is 9.59 Å². The van der Waals surface area contributed by atoms with Crippen LogP contribution in [0.15, 0.2) is 34.5 Å². The number of rotatable bonds is 13. The summed E-state index contributed by atoms with van der Waals surface area (Å²) in [5.41, 5.74) is 0.882. The van der Waals surface area contributed by atoms with Crippen molar-refractivity contribution in [3.63, 3.8) is 0 Å². The minimum Gasteiger partial charge on any atom is -0.460 e. The first-order chi connectivity index (χ1) is 17.9. The second-order valence-corrected chi connectivity index (χ2v) is 10.4. The Kier molecular flexibility index (Phi) is 12.2. The number of halogens is 1. The molecule has 5 atom stereocenters. The molecule has 9 nitrogen and oxygen atoms in total. The Labute approximate surface area is 224 Å². The van der Waals surface area contributed by atoms with E-state index in [1.807, 2.05) is 41.5 Å². The number of likely N-dealkylation sites (tertiary alicyclic amines) is 1. The van der Waals surface area contributed by atoms with Crippen LogP contribution in [-0.2, 0) is 20.7 Å². The molecule has 1 aliphatic heterocycles. The van der Waals surface area contributed by atoms with Gasteiger partial charge in [0.05, 0.1) is 12.5 Å². The summed E-state index contributed by atoms with van der Waals surface area (Å²) >= 11 is 0. The van der Waals surface area contributed by atoms with E-state index in [2.05, 4.69) is 10.3 Å². The van der Waals surface area contributed by atoms with Gasteiger partial charge in [0.25, 0.3) is 5.91 Å². The predicted octanol–water partition coefficient (Wildman–Crippen LogP) is 3.77. The Bertz CT molecular complexity index is 1000. The highest BCUT2D eigenvalue weighted by Crippen LogP contribution is 2.25. The summed E-state index contributed by atoms with van der Waals surface area (Å²) in [6.07, 6.45) is 3.92. The number of esters is 1. The molecule has 0 aromatic carbocycles. The molecule has 0 aliphatic carbocycles. The number of alkyl halides is 1. The van der Waals surface area contributed by atoms with E-state index >= 15 is 0 Å². The first-order valence-corrected chi connectivity index (χ1v) is 13.3. The first kappa shape index (κ1) is 31.2. The number of amides is 2. The molecule has 0 bridgehead atoms. The van der Waals surface area contributed by atoms with Gasteiger partial charge < -0.3 is 24.5 Å². The van der Waals surface area contributed by atoms with Crippen molar-refractivity contribution in [2.45, 2.75) is 91.6 Å². The molecule has 0 saturated carbocycles. The fourth-order valence-electron chi connectivity index (χ4n) is 4.54. The Hall–Kier alpha value is -3.01. The van der Waals surface area contributed by atoms with Crippen molar-refractivity contribution in [2.24, 2.45) is 11.8 Å². The van der Waals surface area contributed by atoms with E-state index in [1.54, 1.807) is 12.2 Å². The lowest BCUT2D eigenvalue weighted by molar-refractivity contribution is -0.158. The van der Waals surface area contributed by atoms with Crippen LogP contribution in [-0.4, -0.2) is 70.3 Å². The number of carbonyl (C=O) groups is 3. The van der Waals surface area contributed by atoms with Crippen LogP contribution < -0.4 is 5.32 Å². The largest absolute Gasteiger partial charge is 0.460 e. The van der Waals surface area contributed by atoms with Crippen LogP contribution in [0.1, 0.15) is 77.2 Å². The number of aliphatic hydroxyl groups excluding tert-OH is 1. The number of aromatic nitrogens is 1. The fraction of sp³-hybridized carbons (Fsp3) is 0.643. The van der Waals surface area contributed by atoms with Gasteiger partial charge in [-0.1, -0.05) is 38.5 Å². The van der Waals surface area contributed by atoms with Gasteiger partial charge in [0.2, 0.25) is 5.91 Å². The zero-order chi connectivity index (χ0) is 28.4. The third-order valence-electron chi connectivity index (χ3n) is 6.31. The molecule has 10 heteroatoms. The Morgan fingerprint density at radius 1 is 1.32 bits per heavy atom. The molecule has 38 heavy (non-hydrogen) atoms. The maximum absolute atomic E-state index is 14.4. The van der Waals surface area contributed by atoms with E-state index in [4.69, 9.17) is 9.15 Å². The van der Waals surface area contributed by atoms with E-state index in [1.165, 1.54) is 17.2 Å². The highest BCUT2D eigenvalue weighted by atomic mass is 19.1. The van der Waals surface area contributed by atoms with Crippen molar-refractivity contribution < 1.29 is 33.0 Å². The number of ether oxygens (including phenoxy) is 1. The van der Waals surface area contributed by atoms with Gasteiger partial charge in [-0.05, 0) is 45.6 Å². The minimum atomic E-state index is -1.39. The summed E-state index contributed by atoms with van der Waals surface area (Å²) in [5.74, 6) is -1.38. The summed E-state index contributed by atoms with van der Waals surface area (Å²) in [6.45, 7) is 12.1. The molecule has 0 radical (unpaired) electrons. The molecule has 1 fully saturated rings. The fourth-order valence-corrected chi connectivity index (χ4v) is 4.54. The Morgan fingerprint density at radius 2 is 2.03 bits per heavy atom. The normalized spacial score (nSPS) is 18.8. The van der Waals surface area contributed by atoms with Crippen LogP contribution in [0.5, 0.6) is 0 Å². The quantitative estimate of drug-likeness (QED) is 0.224. The van der Waals surface area contributed by atoms with E-state index in [-0.39, 0.29) is 42.2 Å². The van der Waals surface area contributed by atoms with Crippen molar-refractivity contribution in [3.05, 3.63) is 41.6 Å². The minimum absolute atomic E-state index is 0.00426. The summed E-state index contributed by atoms with van der Waals surface area (Å²) < 4.78 is 25.5. The molecule has 1 aromatic rings. The molecule has 212 valence electrons. The highest BCUT2D eigenvalue weighted by Gasteiger charge is 2.38. The molecule has 2 N–H and O–H groups in total. The van der Waals surface area contributed by atoms with Gasteiger partial charge in [0, 0.05) is 25.4 Å². The topological polar surface area (TPSA) is 122 Å². The number of nitrogens with zero attached hydrogens (tertiary/aromatic N) is 2. The van der Waals surface area contributed by atoms with Gasteiger partial charge in [-0.25, -0.2) is 14.2 Å². The summed E-state index contributed by atoms with van der Waals surface area (Å²) in [4.78, 5) is 43.6. The summed E-state index contributed by atoms with van der Waals surface area (Å²) in [5, 5.41) is 12.6. The number of oxazole rings is 1. The van der Waals surface area contributed by atoms with E-state index in [0.29, 0.717) is 25.9 Å². The van der Waals surface area contributed by atoms with Crippen molar-refractivity contribution >= 4 is 17.8 Å². The molecular weight excluding hydrogens is 493 g/mol. The van der Waals surface area contributed by atoms with Crippen LogP contribution in [0.4, 0.5) is 4.39 Å².